The van der Waals surface area contributed by atoms with Crippen LogP contribution in [0.15, 0.2) is 0 Å². The van der Waals surface area contributed by atoms with Gasteiger partial charge in [-0.2, -0.15) is 0 Å². The molecule has 0 spiro atoms. The summed E-state index contributed by atoms with van der Waals surface area (Å²) in [5, 5.41) is 0. The van der Waals surface area contributed by atoms with E-state index in [0.717, 1.165) is 0 Å². The first-order chi connectivity index (χ1) is 5.12. The van der Waals surface area contributed by atoms with E-state index < -0.39 is 23.2 Å². The predicted octanol–water partition coefficient (Wildman–Crippen LogP) is -1.46. The Kier molecular flexibility index (Phi) is 2.43. The van der Waals surface area contributed by atoms with Gasteiger partial charge in [0, 0.05) is 0 Å². The van der Waals surface area contributed by atoms with E-state index in [9.17, 15) is 23.8 Å². The van der Waals surface area contributed by atoms with Crippen molar-refractivity contribution in [3.8, 4) is 0 Å². The van der Waals surface area contributed by atoms with Gasteiger partial charge in [0.15, 0.2) is 0 Å². The molecule has 72 valence electrons. The minimum Gasteiger partial charge on any atom is -0.788 e. The molecule has 11 heteroatoms. The minimum absolute atomic E-state index is 2.61. The van der Waals surface area contributed by atoms with Crippen molar-refractivity contribution in [3.63, 3.8) is 0 Å². The predicted molar refractivity (Wildman–Crippen MR) is 32.5 cm³/mol. The van der Waals surface area contributed by atoms with Crippen molar-refractivity contribution in [1.29, 1.82) is 0 Å². The topological polar surface area (TPSA) is 131 Å². The summed E-state index contributed by atoms with van der Waals surface area (Å²) >= 11 is 0. The molecule has 0 aromatic heterocycles. The normalized spacial score (nSPS) is 55.2. The molecule has 0 aromatic rings. The molecule has 1 aliphatic rings. The van der Waals surface area contributed by atoms with Crippen LogP contribution in [-0.4, -0.2) is 6.30 Å². The smallest absolute Gasteiger partial charge is 0.278 e. The van der Waals surface area contributed by atoms with Crippen LogP contribution in [0.1, 0.15) is 0 Å². The molecule has 0 aliphatic carbocycles. The van der Waals surface area contributed by atoms with Crippen LogP contribution in [0.3, 0.4) is 0 Å². The zero-order valence-electron chi connectivity index (χ0n) is 5.31. The molecule has 1 aliphatic heterocycles. The Morgan fingerprint density at radius 3 is 1.50 bits per heavy atom. The van der Waals surface area contributed by atoms with Crippen LogP contribution in [0.5, 0.6) is 0 Å². The number of hydrogen-bond acceptors (Lipinski definition) is 8. The Hall–Kier alpha value is 0.520. The molecular formula is CH2O8P3-3. The molecule has 1 heterocycles. The van der Waals surface area contributed by atoms with Gasteiger partial charge in [-0.05, 0) is 0 Å². The van der Waals surface area contributed by atoms with E-state index in [2.05, 4.69) is 19.2 Å². The van der Waals surface area contributed by atoms with Crippen molar-refractivity contribution < 1.29 is 36.7 Å². The lowest BCUT2D eigenvalue weighted by molar-refractivity contribution is -0.259. The van der Waals surface area contributed by atoms with Gasteiger partial charge >= 0.3 is 0 Å². The third-order valence-electron chi connectivity index (χ3n) is 0.649. The third kappa shape index (κ3) is 2.78. The van der Waals surface area contributed by atoms with Crippen LogP contribution < -0.4 is 14.7 Å². The van der Waals surface area contributed by atoms with Crippen LogP contribution in [0.4, 0.5) is 0 Å². The number of phosphoric acid groups is 2. The van der Waals surface area contributed by atoms with Crippen LogP contribution in [0, 0.1) is 0 Å². The summed E-state index contributed by atoms with van der Waals surface area (Å²) in [6.45, 7) is 0. The highest BCUT2D eigenvalue weighted by atomic mass is 31.3. The van der Waals surface area contributed by atoms with Gasteiger partial charge in [0.2, 0.25) is 0 Å². The van der Waals surface area contributed by atoms with Crippen molar-refractivity contribution in [2.24, 2.45) is 0 Å². The summed E-state index contributed by atoms with van der Waals surface area (Å²) in [6.07, 6.45) is 2.61. The molecule has 0 radical (unpaired) electrons. The molecular weight excluding hydrogens is 233 g/mol. The standard InChI is InChI=1S/CH4O8P3/c1-10(2)7-11(3,4)9-12(5,6)8-10/h1H2,(H2-,2,3,4,5,6)/q-1/p-2. The first-order valence-electron chi connectivity index (χ1n) is 2.32. The quantitative estimate of drug-likeness (QED) is 0.465. The highest BCUT2D eigenvalue weighted by Crippen LogP contribution is 2.73. The molecule has 2 unspecified atom stereocenters. The van der Waals surface area contributed by atoms with Gasteiger partial charge in [0.1, 0.15) is 0 Å². The van der Waals surface area contributed by atoms with Crippen molar-refractivity contribution in [2.45, 2.75) is 0 Å². The average Bonchev–Trinajstić information content (AvgIpc) is 1.44. The lowest BCUT2D eigenvalue weighted by Gasteiger charge is -2.45. The van der Waals surface area contributed by atoms with E-state index in [-0.39, 0.29) is 0 Å². The molecule has 8 nitrogen and oxygen atoms in total. The fraction of sp³-hybridized carbons (Fsp3) is 0. The highest BCUT2D eigenvalue weighted by molar-refractivity contribution is 7.77. The Balaban J connectivity index is 3.05. The number of rotatable bonds is 0. The summed E-state index contributed by atoms with van der Waals surface area (Å²) in [7, 11) is -14.6. The SMILES string of the molecule is C=P1([O-])OP(=O)([O-])OP(=O)([O-])O1. The van der Waals surface area contributed by atoms with Crippen molar-refractivity contribution in [2.75, 3.05) is 0 Å². The Morgan fingerprint density at radius 1 is 0.917 bits per heavy atom. The molecule has 12 heavy (non-hydrogen) atoms. The molecule has 0 bridgehead atoms. The summed E-state index contributed by atoms with van der Waals surface area (Å²) in [5.41, 5.74) is 0. The van der Waals surface area contributed by atoms with Gasteiger partial charge in [-0.25, -0.2) is 4.31 Å². The van der Waals surface area contributed by atoms with Crippen LogP contribution in [-0.2, 0) is 22.1 Å². The maximum Gasteiger partial charge on any atom is 0.278 e. The first-order valence-corrected chi connectivity index (χ1v) is 6.97. The second-order valence-corrected chi connectivity index (χ2v) is 6.72. The lowest BCUT2D eigenvalue weighted by atomic mass is 12.0. The Bertz CT molecular complexity index is 259. The van der Waals surface area contributed by atoms with Crippen molar-refractivity contribution in [1.82, 2.24) is 0 Å². The third-order valence-corrected chi connectivity index (χ3v) is 5.84. The molecule has 1 fully saturated rings. The van der Waals surface area contributed by atoms with E-state index in [1.165, 1.54) is 0 Å². The lowest BCUT2D eigenvalue weighted by Crippen LogP contribution is -2.21. The Labute approximate surface area is 67.2 Å². The zero-order valence-corrected chi connectivity index (χ0v) is 8.00. The fourth-order valence-electron chi connectivity index (χ4n) is 0.472. The van der Waals surface area contributed by atoms with Gasteiger partial charge in [-0.3, -0.25) is 17.8 Å². The van der Waals surface area contributed by atoms with E-state index >= 15 is 0 Å². The largest absolute Gasteiger partial charge is 0.788 e. The second-order valence-electron chi connectivity index (χ2n) is 1.75. The van der Waals surface area contributed by atoms with Gasteiger partial charge < -0.3 is 14.7 Å². The molecule has 1 rings (SSSR count). The van der Waals surface area contributed by atoms with Gasteiger partial charge in [-0.15, -0.1) is 0 Å². The summed E-state index contributed by atoms with van der Waals surface area (Å²) in [5.74, 6) is 0. The van der Waals surface area contributed by atoms with Crippen LogP contribution >= 0.6 is 23.2 Å². The molecule has 0 amide bonds. The summed E-state index contributed by atoms with van der Waals surface area (Å²) in [4.78, 5) is 31.5. The van der Waals surface area contributed by atoms with Gasteiger partial charge in [-0.1, -0.05) is 6.30 Å². The molecule has 0 saturated carbocycles. The van der Waals surface area contributed by atoms with Gasteiger partial charge in [0.05, 0.1) is 7.57 Å². The molecule has 0 aromatic carbocycles. The van der Waals surface area contributed by atoms with Crippen LogP contribution in [0.25, 0.3) is 0 Å². The summed E-state index contributed by atoms with van der Waals surface area (Å²) < 4.78 is 31.4. The highest BCUT2D eigenvalue weighted by Gasteiger charge is 2.30. The van der Waals surface area contributed by atoms with Crippen LogP contribution in [0.2, 0.25) is 0 Å². The van der Waals surface area contributed by atoms with E-state index in [1.807, 2.05) is 0 Å². The maximum atomic E-state index is 10.7. The van der Waals surface area contributed by atoms with E-state index in [1.54, 1.807) is 0 Å². The molecule has 1 saturated heterocycles. The van der Waals surface area contributed by atoms with Gasteiger partial charge in [0.25, 0.3) is 15.6 Å². The number of hydrogen-bond donors (Lipinski definition) is 0. The Morgan fingerprint density at radius 2 is 1.25 bits per heavy atom. The van der Waals surface area contributed by atoms with Crippen molar-refractivity contribution in [3.05, 3.63) is 0 Å². The van der Waals surface area contributed by atoms with E-state index in [0.29, 0.717) is 0 Å². The monoisotopic (exact) mass is 235 g/mol. The summed E-state index contributed by atoms with van der Waals surface area (Å²) in [6, 6.07) is 0. The average molecular weight is 235 g/mol. The second kappa shape index (κ2) is 2.75. The molecule has 2 atom stereocenters. The van der Waals surface area contributed by atoms with E-state index in [4.69, 9.17) is 0 Å². The van der Waals surface area contributed by atoms with Crippen molar-refractivity contribution >= 4 is 29.5 Å². The zero-order chi connectivity index (χ0) is 9.62. The maximum absolute atomic E-state index is 10.7. The minimum atomic E-state index is -5.11. The molecule has 0 N–H and O–H groups in total. The fourth-order valence-corrected chi connectivity index (χ4v) is 5.05. The first kappa shape index (κ1) is 10.6.